The zero-order chi connectivity index (χ0) is 14.4. The number of aldehydes is 1. The molecule has 0 aliphatic carbocycles. The number of carbonyl (C=O) groups excluding carboxylic acids is 1. The van der Waals surface area contributed by atoms with Gasteiger partial charge in [-0.2, -0.15) is 0 Å². The van der Waals surface area contributed by atoms with E-state index in [0.717, 1.165) is 28.4 Å². The number of hydrogen-bond acceptors (Lipinski definition) is 2. The Hall–Kier alpha value is -1.29. The maximum Gasteiger partial charge on any atom is 0.152 e. The fourth-order valence-corrected chi connectivity index (χ4v) is 4.01. The number of hydrogen-bond donors (Lipinski definition) is 1. The van der Waals surface area contributed by atoms with E-state index in [1.54, 1.807) is 23.5 Å². The molecule has 0 radical (unpaired) electrons. The van der Waals surface area contributed by atoms with Crippen LogP contribution in [-0.2, 0) is 0 Å². The number of aromatic nitrogens is 1. The molecule has 5 heteroatoms. The van der Waals surface area contributed by atoms with Gasteiger partial charge in [0.05, 0.1) is 10.7 Å². The number of carbonyl (C=O) groups is 1. The Morgan fingerprint density at radius 3 is 2.55 bits per heavy atom. The van der Waals surface area contributed by atoms with E-state index in [1.165, 1.54) is 9.75 Å². The first-order chi connectivity index (χ1) is 9.51. The molecule has 20 heavy (non-hydrogen) atoms. The fourth-order valence-electron chi connectivity index (χ4n) is 2.48. The van der Waals surface area contributed by atoms with Crippen LogP contribution in [-0.4, -0.2) is 11.3 Å². The van der Waals surface area contributed by atoms with Gasteiger partial charge in [-0.3, -0.25) is 4.79 Å². The first kappa shape index (κ1) is 13.7. The third-order valence-corrected chi connectivity index (χ3v) is 4.76. The Bertz CT molecular complexity index is 832. The third-order valence-electron chi connectivity index (χ3n) is 3.28. The van der Waals surface area contributed by atoms with Crippen molar-refractivity contribution in [1.29, 1.82) is 0 Å². The monoisotopic (exact) mass is 323 g/mol. The topological polar surface area (TPSA) is 32.9 Å². The molecule has 0 spiro atoms. The van der Waals surface area contributed by atoms with E-state index >= 15 is 0 Å². The first-order valence-corrected chi connectivity index (χ1v) is 7.62. The van der Waals surface area contributed by atoms with Crippen molar-refractivity contribution < 1.29 is 4.79 Å². The molecule has 0 unspecified atom stereocenters. The molecule has 0 saturated heterocycles. The van der Waals surface area contributed by atoms with Gasteiger partial charge in [0.25, 0.3) is 0 Å². The highest BCUT2D eigenvalue weighted by Crippen LogP contribution is 2.38. The molecule has 1 N–H and O–H groups in total. The largest absolute Gasteiger partial charge is 0.354 e. The van der Waals surface area contributed by atoms with Gasteiger partial charge in [-0.25, -0.2) is 0 Å². The molecule has 2 aromatic heterocycles. The lowest BCUT2D eigenvalue weighted by atomic mass is 10.1. The Balaban J connectivity index is 2.39. The number of benzene rings is 1. The van der Waals surface area contributed by atoms with Crippen LogP contribution in [0.1, 0.15) is 20.1 Å². The molecule has 0 amide bonds. The van der Waals surface area contributed by atoms with E-state index in [-0.39, 0.29) is 0 Å². The van der Waals surface area contributed by atoms with E-state index in [2.05, 4.69) is 11.1 Å². The number of rotatable bonds is 2. The predicted octanol–water partition coefficient (Wildman–Crippen LogP) is 5.63. The number of aromatic amines is 1. The average molecular weight is 324 g/mol. The van der Waals surface area contributed by atoms with Crippen LogP contribution in [0.15, 0.2) is 18.2 Å². The molecule has 102 valence electrons. The number of fused-ring (bicyclic) bond motifs is 1. The zero-order valence-corrected chi connectivity index (χ0v) is 13.2. The Morgan fingerprint density at radius 2 is 1.95 bits per heavy atom. The van der Waals surface area contributed by atoms with Crippen molar-refractivity contribution in [3.63, 3.8) is 0 Å². The van der Waals surface area contributed by atoms with E-state index in [0.29, 0.717) is 15.6 Å². The quantitative estimate of drug-likeness (QED) is 0.609. The molecule has 0 bridgehead atoms. The van der Waals surface area contributed by atoms with E-state index in [4.69, 9.17) is 23.2 Å². The molecular weight excluding hydrogens is 313 g/mol. The highest BCUT2D eigenvalue weighted by atomic mass is 35.5. The van der Waals surface area contributed by atoms with Gasteiger partial charge in [0, 0.05) is 36.8 Å². The number of aryl methyl sites for hydroxylation is 2. The van der Waals surface area contributed by atoms with Crippen molar-refractivity contribution in [2.45, 2.75) is 13.8 Å². The second-order valence-corrected chi connectivity index (χ2v) is 6.97. The van der Waals surface area contributed by atoms with Crippen LogP contribution in [0, 0.1) is 13.8 Å². The normalized spacial score (nSPS) is 11.2. The minimum Gasteiger partial charge on any atom is -0.354 e. The van der Waals surface area contributed by atoms with Crippen LogP contribution < -0.4 is 0 Å². The lowest BCUT2D eigenvalue weighted by Crippen LogP contribution is -1.84. The third kappa shape index (κ3) is 2.06. The van der Waals surface area contributed by atoms with Gasteiger partial charge < -0.3 is 4.98 Å². The molecule has 3 aromatic rings. The molecule has 2 heterocycles. The summed E-state index contributed by atoms with van der Waals surface area (Å²) >= 11 is 14.0. The van der Waals surface area contributed by atoms with Crippen LogP contribution in [0.25, 0.3) is 22.2 Å². The molecule has 0 aliphatic heterocycles. The molecule has 0 saturated carbocycles. The summed E-state index contributed by atoms with van der Waals surface area (Å²) in [7, 11) is 0. The lowest BCUT2D eigenvalue weighted by molar-refractivity contribution is 0.112. The smallest absolute Gasteiger partial charge is 0.152 e. The SMILES string of the molecule is Cc1cc(-c2[nH]c3cc(Cl)cc(Cl)c3c2C=O)c(C)s1. The maximum atomic E-state index is 11.5. The Labute approximate surface area is 130 Å². The summed E-state index contributed by atoms with van der Waals surface area (Å²) in [5.41, 5.74) is 3.21. The molecule has 2 nitrogen and oxygen atoms in total. The minimum absolute atomic E-state index is 0.488. The van der Waals surface area contributed by atoms with Crippen LogP contribution in [0.5, 0.6) is 0 Å². The van der Waals surface area contributed by atoms with Gasteiger partial charge >= 0.3 is 0 Å². The van der Waals surface area contributed by atoms with E-state index < -0.39 is 0 Å². The molecule has 0 fully saturated rings. The Kier molecular flexibility index (Phi) is 3.36. The van der Waals surface area contributed by atoms with Crippen molar-refractivity contribution in [3.8, 4) is 11.3 Å². The summed E-state index contributed by atoms with van der Waals surface area (Å²) < 4.78 is 0. The van der Waals surface area contributed by atoms with Crippen molar-refractivity contribution in [3.05, 3.63) is 43.6 Å². The summed E-state index contributed by atoms with van der Waals surface area (Å²) in [5.74, 6) is 0. The van der Waals surface area contributed by atoms with Gasteiger partial charge in [0.15, 0.2) is 6.29 Å². The van der Waals surface area contributed by atoms with Crippen LogP contribution >= 0.6 is 34.5 Å². The number of nitrogens with one attached hydrogen (secondary N) is 1. The lowest BCUT2D eigenvalue weighted by Gasteiger charge is -1.98. The van der Waals surface area contributed by atoms with Gasteiger partial charge in [0.2, 0.25) is 0 Å². The van der Waals surface area contributed by atoms with Gasteiger partial charge in [-0.1, -0.05) is 23.2 Å². The van der Waals surface area contributed by atoms with E-state index in [9.17, 15) is 4.79 Å². The summed E-state index contributed by atoms with van der Waals surface area (Å²) in [6, 6.07) is 5.52. The first-order valence-electron chi connectivity index (χ1n) is 6.04. The molecule has 0 aliphatic rings. The summed E-state index contributed by atoms with van der Waals surface area (Å²) in [4.78, 5) is 17.2. The minimum atomic E-state index is 0.488. The molecular formula is C15H11Cl2NOS. The summed E-state index contributed by atoms with van der Waals surface area (Å²) in [6.45, 7) is 4.09. The number of halogens is 2. The highest BCUT2D eigenvalue weighted by Gasteiger charge is 2.18. The zero-order valence-electron chi connectivity index (χ0n) is 10.9. The van der Waals surface area contributed by atoms with Crippen molar-refractivity contribution in [2.24, 2.45) is 0 Å². The average Bonchev–Trinajstić information content (AvgIpc) is 2.88. The second kappa shape index (κ2) is 4.92. The standard InChI is InChI=1S/C15H11Cl2NOS/c1-7-3-10(8(2)20-7)15-11(6-19)14-12(17)4-9(16)5-13(14)18-15/h3-6,18H,1-2H3. The van der Waals surface area contributed by atoms with Crippen molar-refractivity contribution in [1.82, 2.24) is 4.98 Å². The van der Waals surface area contributed by atoms with Crippen LogP contribution in [0.4, 0.5) is 0 Å². The van der Waals surface area contributed by atoms with Gasteiger partial charge in [-0.15, -0.1) is 11.3 Å². The van der Waals surface area contributed by atoms with Gasteiger partial charge in [0.1, 0.15) is 0 Å². The summed E-state index contributed by atoms with van der Waals surface area (Å²) in [6.07, 6.45) is 0.848. The van der Waals surface area contributed by atoms with Crippen LogP contribution in [0.2, 0.25) is 10.0 Å². The molecule has 0 atom stereocenters. The molecule has 1 aromatic carbocycles. The fraction of sp³-hybridized carbons (Fsp3) is 0.133. The predicted molar refractivity (Wildman–Crippen MR) is 86.5 cm³/mol. The number of H-pyrrole nitrogens is 1. The Morgan fingerprint density at radius 1 is 1.20 bits per heavy atom. The van der Waals surface area contributed by atoms with Gasteiger partial charge in [-0.05, 0) is 32.0 Å². The highest BCUT2D eigenvalue weighted by molar-refractivity contribution is 7.12. The number of thiophene rings is 1. The van der Waals surface area contributed by atoms with Crippen LogP contribution in [0.3, 0.4) is 0 Å². The summed E-state index contributed by atoms with van der Waals surface area (Å²) in [5, 5.41) is 1.76. The van der Waals surface area contributed by atoms with E-state index in [1.807, 2.05) is 13.8 Å². The van der Waals surface area contributed by atoms with Crippen molar-refractivity contribution in [2.75, 3.05) is 0 Å². The maximum absolute atomic E-state index is 11.5. The van der Waals surface area contributed by atoms with Crippen molar-refractivity contribution >= 4 is 51.7 Å². The second-order valence-electron chi connectivity index (χ2n) is 4.67. The molecule has 3 rings (SSSR count).